The molecule has 6 heteroatoms. The van der Waals surface area contributed by atoms with Gasteiger partial charge in [0.05, 0.1) is 23.7 Å². The van der Waals surface area contributed by atoms with Gasteiger partial charge in [0, 0.05) is 16.1 Å². The molecule has 2 heterocycles. The molecule has 1 aromatic carbocycles. The minimum atomic E-state index is -1.02. The Morgan fingerprint density at radius 3 is 2.95 bits per heavy atom. The van der Waals surface area contributed by atoms with Crippen LogP contribution in [0, 0.1) is 0 Å². The van der Waals surface area contributed by atoms with Crippen LogP contribution in [0.4, 0.5) is 0 Å². The molecular weight excluding hydrogens is 312 g/mol. The van der Waals surface area contributed by atoms with Crippen LogP contribution in [0.15, 0.2) is 28.9 Å². The van der Waals surface area contributed by atoms with Crippen LogP contribution in [0.1, 0.15) is 10.4 Å². The predicted octanol–water partition coefficient (Wildman–Crippen LogP) is 3.19. The summed E-state index contributed by atoms with van der Waals surface area (Å²) in [6, 6.07) is 5.16. The summed E-state index contributed by atoms with van der Waals surface area (Å²) in [5.74, 6) is -0.703. The second-order valence-corrected chi connectivity index (χ2v) is 4.96. The molecule has 0 aliphatic heterocycles. The van der Waals surface area contributed by atoms with Gasteiger partial charge in [-0.3, -0.25) is 4.98 Å². The van der Waals surface area contributed by atoms with E-state index in [4.69, 9.17) is 9.84 Å². The van der Waals surface area contributed by atoms with Gasteiger partial charge in [-0.1, -0.05) is 0 Å². The maximum absolute atomic E-state index is 11.2. The van der Waals surface area contributed by atoms with Gasteiger partial charge in [0.15, 0.2) is 5.75 Å². The highest BCUT2D eigenvalue weighted by Gasteiger charge is 2.17. The molecule has 0 saturated carbocycles. The molecule has 0 bridgehead atoms. The number of benzene rings is 1. The fraction of sp³-hybridized carbons (Fsp3) is 0.0769. The van der Waals surface area contributed by atoms with Crippen LogP contribution in [0.2, 0.25) is 0 Å². The number of methoxy groups -OCH3 is 1. The molecule has 0 atom stereocenters. The number of pyridine rings is 1. The number of halogens is 1. The van der Waals surface area contributed by atoms with Crippen molar-refractivity contribution in [3.8, 4) is 5.75 Å². The zero-order valence-corrected chi connectivity index (χ0v) is 11.5. The first kappa shape index (κ1) is 12.0. The predicted molar refractivity (Wildman–Crippen MR) is 74.8 cm³/mol. The molecule has 0 amide bonds. The Hall–Kier alpha value is -2.08. The summed E-state index contributed by atoms with van der Waals surface area (Å²) in [7, 11) is 1.45. The fourth-order valence-corrected chi connectivity index (χ4v) is 2.50. The first-order valence-electron chi connectivity index (χ1n) is 5.49. The van der Waals surface area contributed by atoms with E-state index >= 15 is 0 Å². The number of hydrogen-bond donors (Lipinski definition) is 2. The lowest BCUT2D eigenvalue weighted by molar-refractivity contribution is 0.0693. The lowest BCUT2D eigenvalue weighted by Gasteiger charge is -2.05. The van der Waals surface area contributed by atoms with Crippen LogP contribution in [0.25, 0.3) is 21.9 Å². The fourth-order valence-electron chi connectivity index (χ4n) is 2.17. The molecule has 19 heavy (non-hydrogen) atoms. The Bertz CT molecular complexity index is 810. The van der Waals surface area contributed by atoms with E-state index in [0.717, 1.165) is 20.9 Å². The SMILES string of the molecule is COc1c(C(=O)O)ccc2c1[nH]c1cc(Br)cnc12. The summed E-state index contributed by atoms with van der Waals surface area (Å²) >= 11 is 3.36. The molecule has 0 saturated heterocycles. The summed E-state index contributed by atoms with van der Waals surface area (Å²) < 4.78 is 6.08. The zero-order valence-electron chi connectivity index (χ0n) is 9.90. The van der Waals surface area contributed by atoms with E-state index in [1.807, 2.05) is 6.07 Å². The molecule has 0 unspecified atom stereocenters. The monoisotopic (exact) mass is 320 g/mol. The first-order chi connectivity index (χ1) is 9.11. The largest absolute Gasteiger partial charge is 0.494 e. The summed E-state index contributed by atoms with van der Waals surface area (Å²) in [5.41, 5.74) is 2.38. The standard InChI is InChI=1S/C13H9BrN2O3/c1-19-12-8(13(17)18)3-2-7-10-9(16-11(7)12)4-6(14)5-15-10/h2-5,16H,1H3,(H,17,18). The Morgan fingerprint density at radius 1 is 1.47 bits per heavy atom. The van der Waals surface area contributed by atoms with Gasteiger partial charge >= 0.3 is 5.97 Å². The minimum Gasteiger partial charge on any atom is -0.494 e. The van der Waals surface area contributed by atoms with Crippen molar-refractivity contribution in [1.29, 1.82) is 0 Å². The number of aromatic amines is 1. The van der Waals surface area contributed by atoms with Crippen molar-refractivity contribution in [2.45, 2.75) is 0 Å². The maximum Gasteiger partial charge on any atom is 0.339 e. The van der Waals surface area contributed by atoms with Gasteiger partial charge in [0.25, 0.3) is 0 Å². The molecule has 5 nitrogen and oxygen atoms in total. The van der Waals surface area contributed by atoms with E-state index in [1.165, 1.54) is 13.2 Å². The van der Waals surface area contributed by atoms with Crippen LogP contribution in [0.5, 0.6) is 5.75 Å². The lowest BCUT2D eigenvalue weighted by Crippen LogP contribution is -2.00. The smallest absolute Gasteiger partial charge is 0.339 e. The van der Waals surface area contributed by atoms with Crippen LogP contribution >= 0.6 is 15.9 Å². The average molecular weight is 321 g/mol. The number of carboxylic acids is 1. The highest BCUT2D eigenvalue weighted by Crippen LogP contribution is 2.34. The summed E-state index contributed by atoms with van der Waals surface area (Å²) in [6.45, 7) is 0. The molecule has 3 aromatic rings. The zero-order chi connectivity index (χ0) is 13.6. The van der Waals surface area contributed by atoms with Gasteiger partial charge in [-0.15, -0.1) is 0 Å². The number of aromatic carboxylic acids is 1. The van der Waals surface area contributed by atoms with Crippen molar-refractivity contribution in [3.63, 3.8) is 0 Å². The normalized spacial score (nSPS) is 11.1. The number of fused-ring (bicyclic) bond motifs is 3. The maximum atomic E-state index is 11.2. The van der Waals surface area contributed by atoms with Crippen molar-refractivity contribution < 1.29 is 14.6 Å². The molecule has 0 aliphatic carbocycles. The third-order valence-electron chi connectivity index (χ3n) is 2.96. The summed E-state index contributed by atoms with van der Waals surface area (Å²) in [6.07, 6.45) is 1.70. The van der Waals surface area contributed by atoms with Gasteiger partial charge in [0.1, 0.15) is 5.56 Å². The highest BCUT2D eigenvalue weighted by atomic mass is 79.9. The molecule has 0 aliphatic rings. The summed E-state index contributed by atoms with van der Waals surface area (Å²) in [5, 5.41) is 10.00. The van der Waals surface area contributed by atoms with Crippen molar-refractivity contribution in [3.05, 3.63) is 34.4 Å². The van der Waals surface area contributed by atoms with E-state index < -0.39 is 5.97 Å². The Kier molecular flexibility index (Phi) is 2.67. The second-order valence-electron chi connectivity index (χ2n) is 4.05. The average Bonchev–Trinajstić information content (AvgIpc) is 2.74. The molecule has 2 aromatic heterocycles. The number of rotatable bonds is 2. The number of hydrogen-bond acceptors (Lipinski definition) is 3. The Labute approximate surface area is 116 Å². The number of H-pyrrole nitrogens is 1. The van der Waals surface area contributed by atoms with Crippen molar-refractivity contribution in [2.75, 3.05) is 7.11 Å². The molecule has 2 N–H and O–H groups in total. The Balaban J connectivity index is 2.46. The molecule has 96 valence electrons. The van der Waals surface area contributed by atoms with Crippen LogP contribution in [0.3, 0.4) is 0 Å². The topological polar surface area (TPSA) is 75.2 Å². The molecule has 3 rings (SSSR count). The van der Waals surface area contributed by atoms with Crippen molar-refractivity contribution in [2.24, 2.45) is 0 Å². The lowest BCUT2D eigenvalue weighted by atomic mass is 10.1. The number of aromatic nitrogens is 2. The van der Waals surface area contributed by atoms with Gasteiger partial charge in [-0.25, -0.2) is 4.79 Å². The van der Waals surface area contributed by atoms with Crippen molar-refractivity contribution >= 4 is 43.8 Å². The van der Waals surface area contributed by atoms with E-state index in [9.17, 15) is 4.79 Å². The molecule has 0 fully saturated rings. The number of carboxylic acid groups (broad SMARTS) is 1. The quantitative estimate of drug-likeness (QED) is 0.760. The molecule has 0 spiro atoms. The third-order valence-corrected chi connectivity index (χ3v) is 3.40. The van der Waals surface area contributed by atoms with E-state index in [-0.39, 0.29) is 5.56 Å². The van der Waals surface area contributed by atoms with Gasteiger partial charge < -0.3 is 14.8 Å². The molecular formula is C13H9BrN2O3. The van der Waals surface area contributed by atoms with Crippen molar-refractivity contribution in [1.82, 2.24) is 9.97 Å². The van der Waals surface area contributed by atoms with Crippen LogP contribution in [-0.2, 0) is 0 Å². The molecule has 0 radical (unpaired) electrons. The minimum absolute atomic E-state index is 0.126. The highest BCUT2D eigenvalue weighted by molar-refractivity contribution is 9.10. The third kappa shape index (κ3) is 1.76. The van der Waals surface area contributed by atoms with E-state index in [1.54, 1.807) is 12.3 Å². The van der Waals surface area contributed by atoms with Crippen LogP contribution < -0.4 is 4.74 Å². The number of nitrogens with zero attached hydrogens (tertiary/aromatic N) is 1. The van der Waals surface area contributed by atoms with Gasteiger partial charge in [-0.05, 0) is 34.1 Å². The van der Waals surface area contributed by atoms with E-state index in [2.05, 4.69) is 25.9 Å². The van der Waals surface area contributed by atoms with Crippen LogP contribution in [-0.4, -0.2) is 28.2 Å². The Morgan fingerprint density at radius 2 is 2.26 bits per heavy atom. The van der Waals surface area contributed by atoms with Gasteiger partial charge in [-0.2, -0.15) is 0 Å². The number of ether oxygens (including phenoxy) is 1. The number of nitrogens with one attached hydrogen (secondary N) is 1. The van der Waals surface area contributed by atoms with Gasteiger partial charge in [0.2, 0.25) is 0 Å². The first-order valence-corrected chi connectivity index (χ1v) is 6.28. The summed E-state index contributed by atoms with van der Waals surface area (Å²) in [4.78, 5) is 18.7. The number of carbonyl (C=O) groups is 1. The second kappa shape index (κ2) is 4.24. The van der Waals surface area contributed by atoms with E-state index in [0.29, 0.717) is 11.3 Å².